The lowest BCUT2D eigenvalue weighted by Gasteiger charge is -2.12. The van der Waals surface area contributed by atoms with Gasteiger partial charge in [0, 0.05) is 5.56 Å². The minimum absolute atomic E-state index is 0.137. The molecule has 0 amide bonds. The predicted molar refractivity (Wildman–Crippen MR) is 76.8 cm³/mol. The van der Waals surface area contributed by atoms with E-state index in [0.29, 0.717) is 11.6 Å². The largest absolute Gasteiger partial charge is 0.478 e. The second-order valence-electron chi connectivity index (χ2n) is 5.07. The summed E-state index contributed by atoms with van der Waals surface area (Å²) in [6.45, 7) is 0. The summed E-state index contributed by atoms with van der Waals surface area (Å²) in [4.78, 5) is 19.8. The summed E-state index contributed by atoms with van der Waals surface area (Å²) in [5.41, 5.74) is 2.17. The van der Waals surface area contributed by atoms with Crippen LogP contribution in [0.5, 0.6) is 11.6 Å². The number of para-hydroxylation sites is 1. The van der Waals surface area contributed by atoms with Crippen molar-refractivity contribution in [3.8, 4) is 11.6 Å². The van der Waals surface area contributed by atoms with Gasteiger partial charge in [-0.3, -0.25) is 0 Å². The van der Waals surface area contributed by atoms with Crippen LogP contribution < -0.4 is 4.74 Å². The SMILES string of the molecule is O=C(O)c1ccccc1Oc1ncnc2c1CCCCC2. The number of carboxylic acid groups (broad SMARTS) is 1. The summed E-state index contributed by atoms with van der Waals surface area (Å²) in [6, 6.07) is 6.60. The molecule has 1 N–H and O–H groups in total. The highest BCUT2D eigenvalue weighted by atomic mass is 16.5. The molecule has 0 bridgehead atoms. The molecule has 0 saturated heterocycles. The number of ether oxygens (including phenoxy) is 1. The maximum absolute atomic E-state index is 11.2. The van der Waals surface area contributed by atoms with Crippen molar-refractivity contribution in [2.75, 3.05) is 0 Å². The van der Waals surface area contributed by atoms with E-state index in [1.165, 1.54) is 18.8 Å². The first-order chi connectivity index (χ1) is 10.3. The third kappa shape index (κ3) is 2.86. The van der Waals surface area contributed by atoms with Gasteiger partial charge >= 0.3 is 5.97 Å². The molecule has 0 unspecified atom stereocenters. The number of hydrogen-bond donors (Lipinski definition) is 1. The Labute approximate surface area is 122 Å². The van der Waals surface area contributed by atoms with E-state index in [1.54, 1.807) is 18.2 Å². The van der Waals surface area contributed by atoms with Crippen molar-refractivity contribution in [3.63, 3.8) is 0 Å². The average Bonchev–Trinajstić information content (AvgIpc) is 2.74. The summed E-state index contributed by atoms with van der Waals surface area (Å²) in [5, 5.41) is 9.21. The maximum Gasteiger partial charge on any atom is 0.339 e. The van der Waals surface area contributed by atoms with Crippen LogP contribution in [0.1, 0.15) is 40.9 Å². The Morgan fingerprint density at radius 3 is 2.76 bits per heavy atom. The number of aromatic nitrogens is 2. The zero-order chi connectivity index (χ0) is 14.7. The number of nitrogens with zero attached hydrogens (tertiary/aromatic N) is 2. The van der Waals surface area contributed by atoms with Crippen LogP contribution in [0.4, 0.5) is 0 Å². The van der Waals surface area contributed by atoms with Crippen LogP contribution in [-0.4, -0.2) is 21.0 Å². The van der Waals surface area contributed by atoms with Gasteiger partial charge in [0.05, 0.1) is 5.69 Å². The summed E-state index contributed by atoms with van der Waals surface area (Å²) in [7, 11) is 0. The lowest BCUT2D eigenvalue weighted by molar-refractivity contribution is 0.0694. The zero-order valence-electron chi connectivity index (χ0n) is 11.6. The van der Waals surface area contributed by atoms with Crippen LogP contribution in [-0.2, 0) is 12.8 Å². The molecule has 1 aliphatic rings. The third-order valence-electron chi connectivity index (χ3n) is 3.66. The molecular formula is C16H16N2O3. The molecule has 108 valence electrons. The molecule has 5 nitrogen and oxygen atoms in total. The van der Waals surface area contributed by atoms with Gasteiger partial charge in [0.25, 0.3) is 0 Å². The summed E-state index contributed by atoms with van der Waals surface area (Å²) in [6.07, 6.45) is 6.66. The fourth-order valence-electron chi connectivity index (χ4n) is 2.59. The fraction of sp³-hybridized carbons (Fsp3) is 0.312. The number of aromatic carboxylic acids is 1. The Balaban J connectivity index is 1.98. The Morgan fingerprint density at radius 1 is 1.10 bits per heavy atom. The molecule has 0 aliphatic heterocycles. The normalized spacial score (nSPS) is 14.1. The highest BCUT2D eigenvalue weighted by molar-refractivity contribution is 5.90. The Morgan fingerprint density at radius 2 is 1.90 bits per heavy atom. The van der Waals surface area contributed by atoms with Crippen molar-refractivity contribution in [2.24, 2.45) is 0 Å². The van der Waals surface area contributed by atoms with E-state index in [1.807, 2.05) is 0 Å². The molecule has 0 fully saturated rings. The van der Waals surface area contributed by atoms with Crippen molar-refractivity contribution < 1.29 is 14.6 Å². The second kappa shape index (κ2) is 5.91. The summed E-state index contributed by atoms with van der Waals surface area (Å²) >= 11 is 0. The molecule has 0 spiro atoms. The summed E-state index contributed by atoms with van der Waals surface area (Å²) < 4.78 is 5.79. The molecule has 21 heavy (non-hydrogen) atoms. The van der Waals surface area contributed by atoms with Gasteiger partial charge in [0.15, 0.2) is 0 Å². The van der Waals surface area contributed by atoms with E-state index in [-0.39, 0.29) is 5.56 Å². The van der Waals surface area contributed by atoms with Crippen LogP contribution >= 0.6 is 0 Å². The second-order valence-corrected chi connectivity index (χ2v) is 5.07. The number of carboxylic acids is 1. The van der Waals surface area contributed by atoms with Gasteiger partial charge in [-0.2, -0.15) is 0 Å². The Bertz CT molecular complexity index is 670. The van der Waals surface area contributed by atoms with Gasteiger partial charge in [-0.15, -0.1) is 0 Å². The quantitative estimate of drug-likeness (QED) is 0.876. The Hall–Kier alpha value is -2.43. The van der Waals surface area contributed by atoms with Crippen molar-refractivity contribution in [1.29, 1.82) is 0 Å². The molecule has 1 aromatic carbocycles. The van der Waals surface area contributed by atoms with Gasteiger partial charge in [0.2, 0.25) is 5.88 Å². The standard InChI is InChI=1S/C16H16N2O3/c19-16(20)12-7-4-5-9-14(12)21-15-11-6-2-1-3-8-13(11)17-10-18-15/h4-5,7,9-10H,1-3,6,8H2,(H,19,20). The highest BCUT2D eigenvalue weighted by Gasteiger charge is 2.18. The average molecular weight is 284 g/mol. The minimum atomic E-state index is -1.01. The molecule has 1 aromatic heterocycles. The number of aryl methyl sites for hydroxylation is 1. The number of rotatable bonds is 3. The van der Waals surface area contributed by atoms with E-state index in [9.17, 15) is 9.90 Å². The summed E-state index contributed by atoms with van der Waals surface area (Å²) in [5.74, 6) is -0.212. The van der Waals surface area contributed by atoms with E-state index < -0.39 is 5.97 Å². The van der Waals surface area contributed by atoms with E-state index in [0.717, 1.165) is 36.9 Å². The van der Waals surface area contributed by atoms with Crippen molar-refractivity contribution in [1.82, 2.24) is 9.97 Å². The lowest BCUT2D eigenvalue weighted by atomic mass is 10.1. The fourth-order valence-corrected chi connectivity index (χ4v) is 2.59. The van der Waals surface area contributed by atoms with Gasteiger partial charge in [-0.1, -0.05) is 18.6 Å². The monoisotopic (exact) mass is 284 g/mol. The minimum Gasteiger partial charge on any atom is -0.478 e. The highest BCUT2D eigenvalue weighted by Crippen LogP contribution is 2.30. The van der Waals surface area contributed by atoms with Gasteiger partial charge in [0.1, 0.15) is 17.6 Å². The number of carbonyl (C=O) groups is 1. The van der Waals surface area contributed by atoms with E-state index in [4.69, 9.17) is 4.74 Å². The maximum atomic E-state index is 11.2. The predicted octanol–water partition coefficient (Wildman–Crippen LogP) is 3.24. The molecule has 3 rings (SSSR count). The Kier molecular flexibility index (Phi) is 3.81. The topological polar surface area (TPSA) is 72.3 Å². The molecule has 0 saturated carbocycles. The first kappa shape index (κ1) is 13.5. The zero-order valence-corrected chi connectivity index (χ0v) is 11.6. The van der Waals surface area contributed by atoms with E-state index in [2.05, 4.69) is 9.97 Å². The van der Waals surface area contributed by atoms with Crippen molar-refractivity contribution in [2.45, 2.75) is 32.1 Å². The molecule has 0 atom stereocenters. The number of fused-ring (bicyclic) bond motifs is 1. The van der Waals surface area contributed by atoms with Gasteiger partial charge < -0.3 is 9.84 Å². The van der Waals surface area contributed by atoms with E-state index >= 15 is 0 Å². The van der Waals surface area contributed by atoms with Crippen LogP contribution in [0.15, 0.2) is 30.6 Å². The van der Waals surface area contributed by atoms with Crippen molar-refractivity contribution in [3.05, 3.63) is 47.4 Å². The molecule has 5 heteroatoms. The number of hydrogen-bond acceptors (Lipinski definition) is 4. The smallest absolute Gasteiger partial charge is 0.339 e. The molecule has 2 aromatic rings. The molecule has 1 heterocycles. The number of benzene rings is 1. The molecule has 1 aliphatic carbocycles. The van der Waals surface area contributed by atoms with Crippen LogP contribution in [0.3, 0.4) is 0 Å². The van der Waals surface area contributed by atoms with Gasteiger partial charge in [-0.05, 0) is 37.8 Å². The lowest BCUT2D eigenvalue weighted by Crippen LogP contribution is -2.04. The van der Waals surface area contributed by atoms with Gasteiger partial charge in [-0.25, -0.2) is 14.8 Å². The molecular weight excluding hydrogens is 268 g/mol. The van der Waals surface area contributed by atoms with Crippen LogP contribution in [0, 0.1) is 0 Å². The third-order valence-corrected chi connectivity index (χ3v) is 3.66. The first-order valence-electron chi connectivity index (χ1n) is 7.08. The first-order valence-corrected chi connectivity index (χ1v) is 7.08. The van der Waals surface area contributed by atoms with Crippen molar-refractivity contribution >= 4 is 5.97 Å². The molecule has 0 radical (unpaired) electrons. The van der Waals surface area contributed by atoms with Crippen LogP contribution in [0.25, 0.3) is 0 Å². The van der Waals surface area contributed by atoms with Crippen LogP contribution in [0.2, 0.25) is 0 Å².